The molecule has 5 aromatic rings. The Morgan fingerprint density at radius 3 is 2.54 bits per heavy atom. The van der Waals surface area contributed by atoms with Crippen molar-refractivity contribution in [2.24, 2.45) is 17.8 Å². The summed E-state index contributed by atoms with van der Waals surface area (Å²) in [6, 6.07) is 15.4. The van der Waals surface area contributed by atoms with Gasteiger partial charge >= 0.3 is 0 Å². The van der Waals surface area contributed by atoms with Gasteiger partial charge in [-0.1, -0.05) is 26.8 Å². The number of benzene rings is 2. The monoisotopic (exact) mass is 761 g/mol. The van der Waals surface area contributed by atoms with E-state index in [1.165, 1.54) is 44.2 Å². The van der Waals surface area contributed by atoms with E-state index in [1.807, 2.05) is 18.2 Å². The largest absolute Gasteiger partial charge is 0.497 e. The molecule has 4 atom stereocenters. The fourth-order valence-electron chi connectivity index (χ4n) is 9.59. The lowest BCUT2D eigenvalue weighted by Crippen LogP contribution is -2.48. The number of ether oxygens (including phenoxy) is 4. The number of aromatic amines is 1. The van der Waals surface area contributed by atoms with E-state index in [1.54, 1.807) is 20.5 Å². The van der Waals surface area contributed by atoms with Gasteiger partial charge in [0.15, 0.2) is 5.79 Å². The summed E-state index contributed by atoms with van der Waals surface area (Å²) >= 11 is 0. The van der Waals surface area contributed by atoms with Crippen molar-refractivity contribution >= 4 is 27.9 Å². The molecule has 0 spiro atoms. The van der Waals surface area contributed by atoms with Crippen LogP contribution in [0.3, 0.4) is 0 Å². The van der Waals surface area contributed by atoms with Crippen LogP contribution in [0.15, 0.2) is 55.0 Å². The molecule has 3 aromatic heterocycles. The first-order valence-corrected chi connectivity index (χ1v) is 20.8. The third kappa shape index (κ3) is 7.50. The fourth-order valence-corrected chi connectivity index (χ4v) is 9.59. The Morgan fingerprint density at radius 1 is 0.946 bits per heavy atom. The Kier molecular flexibility index (Phi) is 9.77. The molecule has 298 valence electrons. The van der Waals surface area contributed by atoms with Crippen LogP contribution in [0.1, 0.15) is 96.1 Å². The molecule has 9 rings (SSSR count). The zero-order chi connectivity index (χ0) is 38.8. The van der Waals surface area contributed by atoms with Gasteiger partial charge in [0.1, 0.15) is 41.2 Å². The minimum absolute atomic E-state index is 0.0406. The van der Waals surface area contributed by atoms with Crippen molar-refractivity contribution in [3.8, 4) is 11.5 Å². The number of hydrogen-bond donors (Lipinski definition) is 2. The van der Waals surface area contributed by atoms with Crippen LogP contribution in [0.25, 0.3) is 22.1 Å². The van der Waals surface area contributed by atoms with Crippen LogP contribution < -0.4 is 14.8 Å². The van der Waals surface area contributed by atoms with Crippen molar-refractivity contribution in [1.29, 1.82) is 0 Å². The molecule has 4 fully saturated rings. The standard InChI is InChI=1S/C45H59N7O4/c1-44(2,3)31-12-14-35-36(21-31)50-39(49-35)15-10-28-18-32(19-28)51(24-27-8-9-27)25-30-20-37(41-40(30)55-45(4,5)56-41)52-17-16-34-42(47-26-48-43(34)52)46-23-29-11-13-33(53-6)22-38(29)54-7/h11-14,16-17,21-22,26-28,30,32,37,40-41H,8-10,15,18-20,23-25H2,1-7H3,(H,49,50)(H,46,47,48). The maximum atomic E-state index is 6.75. The molecule has 0 radical (unpaired) electrons. The number of aryl methyl sites for hydroxylation is 1. The first kappa shape index (κ1) is 37.4. The summed E-state index contributed by atoms with van der Waals surface area (Å²) in [6.45, 7) is 13.7. The van der Waals surface area contributed by atoms with Crippen molar-refractivity contribution in [3.05, 3.63) is 71.9 Å². The first-order chi connectivity index (χ1) is 26.9. The third-order valence-electron chi connectivity index (χ3n) is 12.9. The van der Waals surface area contributed by atoms with Crippen LogP contribution in [0.2, 0.25) is 0 Å². The number of anilines is 1. The van der Waals surface area contributed by atoms with Crippen molar-refractivity contribution < 1.29 is 18.9 Å². The van der Waals surface area contributed by atoms with Gasteiger partial charge in [-0.25, -0.2) is 15.0 Å². The lowest BCUT2D eigenvalue weighted by Gasteiger charge is -2.44. The molecule has 4 aliphatic rings. The highest BCUT2D eigenvalue weighted by Gasteiger charge is 2.55. The number of aromatic nitrogens is 5. The minimum atomic E-state index is -0.623. The molecule has 1 saturated heterocycles. The van der Waals surface area contributed by atoms with Crippen molar-refractivity contribution in [2.75, 3.05) is 32.6 Å². The predicted octanol–water partition coefficient (Wildman–Crippen LogP) is 8.44. The number of hydrogen-bond acceptors (Lipinski definition) is 9. The minimum Gasteiger partial charge on any atom is -0.497 e. The maximum Gasteiger partial charge on any atom is 0.163 e. The number of nitrogens with one attached hydrogen (secondary N) is 2. The summed E-state index contributed by atoms with van der Waals surface area (Å²) in [7, 11) is 3.34. The zero-order valence-electron chi connectivity index (χ0n) is 34.2. The van der Waals surface area contributed by atoms with Crippen LogP contribution >= 0.6 is 0 Å². The molecule has 56 heavy (non-hydrogen) atoms. The summed E-state index contributed by atoms with van der Waals surface area (Å²) in [5.74, 6) is 4.78. The van der Waals surface area contributed by atoms with Crippen molar-refractivity contribution in [2.45, 2.75) is 122 Å². The summed E-state index contributed by atoms with van der Waals surface area (Å²) in [5, 5.41) is 4.54. The van der Waals surface area contributed by atoms with Crippen LogP contribution in [0.4, 0.5) is 5.82 Å². The maximum absolute atomic E-state index is 6.75. The molecule has 3 saturated carbocycles. The molecule has 3 aliphatic carbocycles. The quantitative estimate of drug-likeness (QED) is 0.115. The summed E-state index contributed by atoms with van der Waals surface area (Å²) < 4.78 is 26.8. The molecular weight excluding hydrogens is 703 g/mol. The Hall–Kier alpha value is -4.19. The summed E-state index contributed by atoms with van der Waals surface area (Å²) in [5.41, 5.74) is 5.64. The Balaban J connectivity index is 0.872. The molecule has 2 N–H and O–H groups in total. The Labute approximate surface area is 330 Å². The molecular formula is C45H59N7O4. The van der Waals surface area contributed by atoms with E-state index in [0.717, 1.165) is 82.0 Å². The van der Waals surface area contributed by atoms with Crippen LogP contribution in [-0.2, 0) is 27.9 Å². The highest BCUT2D eigenvalue weighted by atomic mass is 16.8. The van der Waals surface area contributed by atoms with Gasteiger partial charge in [0.25, 0.3) is 0 Å². The van der Waals surface area contributed by atoms with E-state index in [9.17, 15) is 0 Å². The second-order valence-electron chi connectivity index (χ2n) is 18.4. The topological polar surface area (TPSA) is 112 Å². The van der Waals surface area contributed by atoms with Gasteiger partial charge in [-0.15, -0.1) is 0 Å². The first-order valence-electron chi connectivity index (χ1n) is 20.8. The van der Waals surface area contributed by atoms with E-state index in [2.05, 4.69) is 89.8 Å². The van der Waals surface area contributed by atoms with Crippen molar-refractivity contribution in [1.82, 2.24) is 29.4 Å². The van der Waals surface area contributed by atoms with Crippen LogP contribution in [0, 0.1) is 17.8 Å². The van der Waals surface area contributed by atoms with Gasteiger partial charge in [-0.3, -0.25) is 4.90 Å². The fraction of sp³-hybridized carbons (Fsp3) is 0.578. The molecule has 4 heterocycles. The molecule has 11 heteroatoms. The Bertz CT molecular complexity index is 2180. The second-order valence-corrected chi connectivity index (χ2v) is 18.4. The third-order valence-corrected chi connectivity index (χ3v) is 12.9. The van der Waals surface area contributed by atoms with Crippen molar-refractivity contribution in [3.63, 3.8) is 0 Å². The van der Waals surface area contributed by atoms with Gasteiger partial charge in [0.05, 0.1) is 42.8 Å². The molecule has 0 amide bonds. The zero-order valence-corrected chi connectivity index (χ0v) is 34.2. The summed E-state index contributed by atoms with van der Waals surface area (Å²) in [4.78, 5) is 20.9. The average Bonchev–Trinajstić information content (AvgIpc) is 3.43. The van der Waals surface area contributed by atoms with Crippen LogP contribution in [0.5, 0.6) is 11.5 Å². The van der Waals surface area contributed by atoms with Gasteiger partial charge in [-0.05, 0) is 106 Å². The normalized spacial score (nSPS) is 25.9. The van der Waals surface area contributed by atoms with Gasteiger partial charge in [-0.2, -0.15) is 0 Å². The lowest BCUT2D eigenvalue weighted by atomic mass is 9.76. The molecule has 2 aromatic carbocycles. The summed E-state index contributed by atoms with van der Waals surface area (Å²) in [6.07, 6.45) is 12.3. The smallest absolute Gasteiger partial charge is 0.163 e. The second kappa shape index (κ2) is 14.6. The van der Waals surface area contributed by atoms with E-state index in [-0.39, 0.29) is 23.7 Å². The molecule has 0 bridgehead atoms. The van der Waals surface area contributed by atoms with E-state index < -0.39 is 5.79 Å². The molecule has 11 nitrogen and oxygen atoms in total. The number of imidazole rings is 1. The van der Waals surface area contributed by atoms with E-state index in [0.29, 0.717) is 18.5 Å². The van der Waals surface area contributed by atoms with Gasteiger partial charge < -0.3 is 33.8 Å². The highest BCUT2D eigenvalue weighted by Crippen LogP contribution is 2.49. The van der Waals surface area contributed by atoms with E-state index >= 15 is 0 Å². The number of fused-ring (bicyclic) bond motifs is 3. The average molecular weight is 762 g/mol. The van der Waals surface area contributed by atoms with Gasteiger partial charge in [0.2, 0.25) is 0 Å². The van der Waals surface area contributed by atoms with E-state index in [4.69, 9.17) is 28.9 Å². The highest BCUT2D eigenvalue weighted by molar-refractivity contribution is 5.87. The van der Waals surface area contributed by atoms with Crippen LogP contribution in [-0.4, -0.2) is 80.7 Å². The number of nitrogens with zero attached hydrogens (tertiary/aromatic N) is 5. The van der Waals surface area contributed by atoms with Gasteiger partial charge in [0, 0.05) is 55.8 Å². The molecule has 1 aliphatic heterocycles. The number of H-pyrrole nitrogens is 1. The SMILES string of the molecule is COc1ccc(CNc2ncnc3c2ccn3C2CC(CN(CC3CC3)C3CC(CCc4nc5ccc(C(C)(C)C)cc5[nH]4)C3)C3OC(C)(C)OC32)c(OC)c1. The number of methoxy groups -OCH3 is 2. The predicted molar refractivity (Wildman–Crippen MR) is 219 cm³/mol. The molecule has 4 unspecified atom stereocenters. The number of rotatable bonds is 14. The Morgan fingerprint density at radius 2 is 1.77 bits per heavy atom. The lowest BCUT2D eigenvalue weighted by molar-refractivity contribution is -0.161.